The summed E-state index contributed by atoms with van der Waals surface area (Å²) in [5, 5.41) is 5.48. The van der Waals surface area contributed by atoms with Crippen molar-refractivity contribution in [2.75, 3.05) is 5.32 Å². The number of rotatable bonds is 2. The Morgan fingerprint density at radius 3 is 2.58 bits per heavy atom. The molecule has 0 atom stereocenters. The van der Waals surface area contributed by atoms with Gasteiger partial charge in [0.25, 0.3) is 0 Å². The predicted molar refractivity (Wildman–Crippen MR) is 110 cm³/mol. The minimum Gasteiger partial charge on any atom is -0.369 e. The van der Waals surface area contributed by atoms with E-state index in [0.29, 0.717) is 5.96 Å². The molecular formula is C19H13Br2N3. The maximum atomic E-state index is 6.13. The van der Waals surface area contributed by atoms with Gasteiger partial charge in [0.1, 0.15) is 0 Å². The van der Waals surface area contributed by atoms with Crippen LogP contribution in [0.25, 0.3) is 22.9 Å². The molecule has 0 saturated carbocycles. The molecule has 0 radical (unpaired) electrons. The molecule has 1 aliphatic rings. The molecule has 5 heteroatoms. The molecule has 3 aromatic rings. The van der Waals surface area contributed by atoms with Crippen molar-refractivity contribution >= 4 is 72.1 Å². The van der Waals surface area contributed by atoms with E-state index in [-0.39, 0.29) is 0 Å². The van der Waals surface area contributed by atoms with E-state index >= 15 is 0 Å². The van der Waals surface area contributed by atoms with Gasteiger partial charge in [0.05, 0.1) is 11.4 Å². The molecule has 0 saturated heterocycles. The summed E-state index contributed by atoms with van der Waals surface area (Å²) in [4.78, 5) is 4.58. The Kier molecular flexibility index (Phi) is 3.90. The first-order chi connectivity index (χ1) is 11.6. The second-order valence-corrected chi connectivity index (χ2v) is 7.29. The Balaban J connectivity index is 1.74. The molecule has 118 valence electrons. The number of aliphatic imine (C=N–C) groups is 1. The number of halogens is 2. The Hall–Kier alpha value is -2.11. The summed E-state index contributed by atoms with van der Waals surface area (Å²) < 4.78 is 1.89. The molecular weight excluding hydrogens is 430 g/mol. The Labute approximate surface area is 156 Å². The summed E-state index contributed by atoms with van der Waals surface area (Å²) in [7, 11) is 0. The van der Waals surface area contributed by atoms with Crippen LogP contribution in [0.15, 0.2) is 62.5 Å². The lowest BCUT2D eigenvalue weighted by atomic mass is 10.0. The molecule has 3 N–H and O–H groups in total. The van der Waals surface area contributed by atoms with Crippen LogP contribution in [0.1, 0.15) is 11.1 Å². The van der Waals surface area contributed by atoms with Crippen LogP contribution in [0.4, 0.5) is 11.4 Å². The van der Waals surface area contributed by atoms with Crippen molar-refractivity contribution in [1.82, 2.24) is 0 Å². The van der Waals surface area contributed by atoms with Gasteiger partial charge in [0.2, 0.25) is 0 Å². The number of nitrogens with one attached hydrogen (secondary N) is 1. The average Bonchev–Trinajstić information content (AvgIpc) is 2.98. The molecule has 3 nitrogen and oxygen atoms in total. The fraction of sp³-hybridized carbons (Fsp3) is 0. The monoisotopic (exact) mass is 441 g/mol. The minimum absolute atomic E-state index is 0.348. The zero-order chi connectivity index (χ0) is 16.7. The lowest BCUT2D eigenvalue weighted by molar-refractivity contribution is 1.44. The van der Waals surface area contributed by atoms with Gasteiger partial charge in [-0.15, -0.1) is 0 Å². The van der Waals surface area contributed by atoms with E-state index in [2.05, 4.69) is 72.5 Å². The Morgan fingerprint density at radius 1 is 0.958 bits per heavy atom. The highest BCUT2D eigenvalue weighted by atomic mass is 79.9. The number of nitrogens with zero attached hydrogens (tertiary/aromatic N) is 1. The Bertz CT molecular complexity index is 1010. The maximum Gasteiger partial charge on any atom is 0.198 e. The number of guanidine groups is 1. The van der Waals surface area contributed by atoms with Crippen molar-refractivity contribution in [1.29, 1.82) is 0 Å². The molecule has 0 aliphatic heterocycles. The average molecular weight is 443 g/mol. The smallest absolute Gasteiger partial charge is 0.198 e. The van der Waals surface area contributed by atoms with E-state index in [1.165, 1.54) is 16.5 Å². The third kappa shape index (κ3) is 2.74. The van der Waals surface area contributed by atoms with Gasteiger partial charge in [-0.3, -0.25) is 0 Å². The van der Waals surface area contributed by atoms with Gasteiger partial charge in [0.15, 0.2) is 5.96 Å². The van der Waals surface area contributed by atoms with Crippen molar-refractivity contribution in [3.8, 4) is 0 Å². The summed E-state index contributed by atoms with van der Waals surface area (Å²) in [6.45, 7) is 0. The fourth-order valence-corrected chi connectivity index (χ4v) is 3.60. The Morgan fingerprint density at radius 2 is 1.75 bits per heavy atom. The van der Waals surface area contributed by atoms with E-state index in [1.54, 1.807) is 0 Å². The number of hydrogen-bond donors (Lipinski definition) is 2. The first-order valence-electron chi connectivity index (χ1n) is 7.42. The standard InChI is InChI=1S/C19H13Br2N3/c20-13-7-8-15(21)17(10-13)24-19(22)23-16-9-6-12-5-4-11-2-1-3-14(16)18(11)12/h1-10H,(H3,22,23,24). The number of hydrogen-bond acceptors (Lipinski definition) is 1. The first kappa shape index (κ1) is 15.4. The van der Waals surface area contributed by atoms with Crippen molar-refractivity contribution in [3.05, 3.63) is 68.6 Å². The molecule has 0 aromatic heterocycles. The van der Waals surface area contributed by atoms with Gasteiger partial charge in [-0.05, 0) is 56.7 Å². The molecule has 0 amide bonds. The third-order valence-corrected chi connectivity index (χ3v) is 5.14. The van der Waals surface area contributed by atoms with Gasteiger partial charge >= 0.3 is 0 Å². The highest BCUT2D eigenvalue weighted by Crippen LogP contribution is 2.36. The summed E-state index contributed by atoms with van der Waals surface area (Å²) in [5.41, 5.74) is 10.3. The van der Waals surface area contributed by atoms with Crippen LogP contribution >= 0.6 is 31.9 Å². The van der Waals surface area contributed by atoms with E-state index in [4.69, 9.17) is 5.73 Å². The van der Waals surface area contributed by atoms with Crippen LogP contribution in [0.3, 0.4) is 0 Å². The summed E-state index contributed by atoms with van der Waals surface area (Å²) in [5.74, 6) is 0.348. The molecule has 0 fully saturated rings. The maximum absolute atomic E-state index is 6.13. The van der Waals surface area contributed by atoms with Crippen LogP contribution in [0.5, 0.6) is 0 Å². The highest BCUT2D eigenvalue weighted by Gasteiger charge is 2.11. The zero-order valence-corrected chi connectivity index (χ0v) is 15.7. The molecule has 1 aliphatic carbocycles. The van der Waals surface area contributed by atoms with Crippen LogP contribution in [-0.4, -0.2) is 5.96 Å². The van der Waals surface area contributed by atoms with Gasteiger partial charge < -0.3 is 11.1 Å². The van der Waals surface area contributed by atoms with Gasteiger partial charge in [-0.1, -0.05) is 52.3 Å². The second-order valence-electron chi connectivity index (χ2n) is 5.52. The topological polar surface area (TPSA) is 50.4 Å². The largest absolute Gasteiger partial charge is 0.369 e. The number of benzene rings is 3. The van der Waals surface area contributed by atoms with Gasteiger partial charge in [0, 0.05) is 14.3 Å². The van der Waals surface area contributed by atoms with Gasteiger partial charge in [-0.2, -0.15) is 0 Å². The SMILES string of the molecule is NC(=Nc1ccc2c3c(cccc13)C=C2)Nc1cc(Br)ccc1Br. The number of nitrogens with two attached hydrogens (primary N) is 1. The molecule has 0 bridgehead atoms. The van der Waals surface area contributed by atoms with E-state index in [1.807, 2.05) is 30.3 Å². The van der Waals surface area contributed by atoms with E-state index in [9.17, 15) is 0 Å². The van der Waals surface area contributed by atoms with Crippen LogP contribution in [0, 0.1) is 0 Å². The normalized spacial score (nSPS) is 12.8. The molecule has 0 unspecified atom stereocenters. The molecule has 0 heterocycles. The van der Waals surface area contributed by atoms with Crippen molar-refractivity contribution < 1.29 is 0 Å². The van der Waals surface area contributed by atoms with E-state index in [0.717, 1.165) is 25.7 Å². The summed E-state index contributed by atoms with van der Waals surface area (Å²) >= 11 is 6.97. The van der Waals surface area contributed by atoms with Crippen LogP contribution < -0.4 is 11.1 Å². The lowest BCUT2D eigenvalue weighted by Crippen LogP contribution is -2.22. The summed E-state index contributed by atoms with van der Waals surface area (Å²) in [6, 6.07) is 16.2. The lowest BCUT2D eigenvalue weighted by Gasteiger charge is -2.10. The zero-order valence-electron chi connectivity index (χ0n) is 12.6. The highest BCUT2D eigenvalue weighted by molar-refractivity contribution is 9.11. The predicted octanol–water partition coefficient (Wildman–Crippen LogP) is 5.91. The van der Waals surface area contributed by atoms with Crippen molar-refractivity contribution in [2.24, 2.45) is 10.7 Å². The first-order valence-corrected chi connectivity index (χ1v) is 9.00. The van der Waals surface area contributed by atoms with Crippen LogP contribution in [0.2, 0.25) is 0 Å². The van der Waals surface area contributed by atoms with Crippen molar-refractivity contribution in [3.63, 3.8) is 0 Å². The quantitative estimate of drug-likeness (QED) is 0.299. The molecule has 3 aromatic carbocycles. The van der Waals surface area contributed by atoms with Crippen molar-refractivity contribution in [2.45, 2.75) is 0 Å². The minimum atomic E-state index is 0.348. The second kappa shape index (κ2) is 6.07. The van der Waals surface area contributed by atoms with E-state index < -0.39 is 0 Å². The number of anilines is 1. The molecule has 0 spiro atoms. The summed E-state index contributed by atoms with van der Waals surface area (Å²) in [6.07, 6.45) is 4.26. The van der Waals surface area contributed by atoms with Crippen LogP contribution in [-0.2, 0) is 0 Å². The fourth-order valence-electron chi connectivity index (χ4n) is 2.89. The molecule has 24 heavy (non-hydrogen) atoms. The third-order valence-electron chi connectivity index (χ3n) is 3.96. The van der Waals surface area contributed by atoms with Gasteiger partial charge in [-0.25, -0.2) is 4.99 Å². The molecule has 4 rings (SSSR count).